The van der Waals surface area contributed by atoms with E-state index in [1.807, 2.05) is 13.8 Å². The molecule has 0 spiro atoms. The fraction of sp³-hybridized carbons (Fsp3) is 0.368. The molecule has 6 heteroatoms. The van der Waals surface area contributed by atoms with E-state index in [2.05, 4.69) is 4.74 Å². The second kappa shape index (κ2) is 9.37. The molecule has 0 fully saturated rings. The van der Waals surface area contributed by atoms with Crippen LogP contribution < -0.4 is 0 Å². The highest BCUT2D eigenvalue weighted by Gasteiger charge is 2.24. The van der Waals surface area contributed by atoms with Gasteiger partial charge in [-0.15, -0.1) is 0 Å². The highest BCUT2D eigenvalue weighted by Crippen LogP contribution is 2.32. The lowest BCUT2D eigenvalue weighted by molar-refractivity contribution is -0.136. The first-order valence-electron chi connectivity index (χ1n) is 7.86. The summed E-state index contributed by atoms with van der Waals surface area (Å²) in [5.41, 5.74) is 0.545. The lowest BCUT2D eigenvalue weighted by Gasteiger charge is -2.18. The SMILES string of the molecule is CCC(C)C(=C(F)C(=N)/C(OC)=C(\C)C(=O)OC)c1ccc(Cl)cc1. The van der Waals surface area contributed by atoms with Gasteiger partial charge in [-0.25, -0.2) is 9.18 Å². The monoisotopic (exact) mass is 367 g/mol. The number of nitrogens with one attached hydrogen (secondary N) is 1. The summed E-state index contributed by atoms with van der Waals surface area (Å²) in [4.78, 5) is 11.7. The zero-order valence-electron chi connectivity index (χ0n) is 15.1. The molecule has 1 atom stereocenters. The van der Waals surface area contributed by atoms with Gasteiger partial charge < -0.3 is 9.47 Å². The summed E-state index contributed by atoms with van der Waals surface area (Å²) in [6, 6.07) is 6.76. The average molecular weight is 368 g/mol. The van der Waals surface area contributed by atoms with Gasteiger partial charge in [0.1, 0.15) is 5.71 Å². The van der Waals surface area contributed by atoms with Crippen LogP contribution in [0.15, 0.2) is 41.4 Å². The number of hydrogen-bond acceptors (Lipinski definition) is 4. The van der Waals surface area contributed by atoms with Crippen LogP contribution in [-0.2, 0) is 14.3 Å². The van der Waals surface area contributed by atoms with Gasteiger partial charge in [0, 0.05) is 10.6 Å². The first kappa shape index (κ1) is 20.9. The molecule has 0 radical (unpaired) electrons. The zero-order chi connectivity index (χ0) is 19.1. The van der Waals surface area contributed by atoms with Crippen molar-refractivity contribution in [3.05, 3.63) is 52.0 Å². The largest absolute Gasteiger partial charge is 0.494 e. The number of hydrogen-bond donors (Lipinski definition) is 1. The van der Waals surface area contributed by atoms with Crippen LogP contribution in [0.1, 0.15) is 32.8 Å². The molecule has 0 saturated heterocycles. The third-order valence-corrected chi connectivity index (χ3v) is 4.23. The summed E-state index contributed by atoms with van der Waals surface area (Å²) >= 11 is 5.91. The molecule has 25 heavy (non-hydrogen) atoms. The normalized spacial score (nSPS) is 14.2. The van der Waals surface area contributed by atoms with E-state index in [1.165, 1.54) is 21.1 Å². The summed E-state index contributed by atoms with van der Waals surface area (Å²) in [5.74, 6) is -1.71. The minimum atomic E-state index is -0.739. The van der Waals surface area contributed by atoms with Gasteiger partial charge >= 0.3 is 5.97 Å². The Kier molecular flexibility index (Phi) is 7.84. The van der Waals surface area contributed by atoms with Gasteiger partial charge in [0.25, 0.3) is 0 Å². The van der Waals surface area contributed by atoms with Crippen molar-refractivity contribution in [3.8, 4) is 0 Å². The summed E-state index contributed by atoms with van der Waals surface area (Å²) in [7, 11) is 2.50. The van der Waals surface area contributed by atoms with E-state index >= 15 is 4.39 Å². The molecule has 0 aliphatic carbocycles. The van der Waals surface area contributed by atoms with Crippen LogP contribution >= 0.6 is 11.6 Å². The molecule has 1 rings (SSSR count). The number of benzene rings is 1. The van der Waals surface area contributed by atoms with Crippen molar-refractivity contribution in [2.75, 3.05) is 14.2 Å². The maximum absolute atomic E-state index is 15.2. The van der Waals surface area contributed by atoms with E-state index in [9.17, 15) is 4.79 Å². The molecule has 1 aromatic rings. The van der Waals surface area contributed by atoms with Crippen molar-refractivity contribution in [1.82, 2.24) is 0 Å². The standard InChI is InChI=1S/C19H23ClFNO3/c1-6-11(2)15(13-7-9-14(20)10-8-13)16(21)17(22)18(24-4)12(3)19(23)25-5/h7-11,22H,6H2,1-5H3/b16-15?,18-12-,22-17?. The highest BCUT2D eigenvalue weighted by atomic mass is 35.5. The van der Waals surface area contributed by atoms with Gasteiger partial charge in [-0.3, -0.25) is 5.41 Å². The minimum absolute atomic E-state index is 0.0322. The number of allylic oxidation sites excluding steroid dienone is 2. The number of carbonyl (C=O) groups is 1. The van der Waals surface area contributed by atoms with Gasteiger partial charge in [-0.2, -0.15) is 0 Å². The third kappa shape index (κ3) is 4.92. The summed E-state index contributed by atoms with van der Waals surface area (Å²) in [5, 5.41) is 8.73. The smallest absolute Gasteiger partial charge is 0.337 e. The van der Waals surface area contributed by atoms with Gasteiger partial charge in [0.2, 0.25) is 0 Å². The Bertz CT molecular complexity index is 708. The Morgan fingerprint density at radius 2 is 1.80 bits per heavy atom. The molecule has 136 valence electrons. The molecular weight excluding hydrogens is 345 g/mol. The fourth-order valence-corrected chi connectivity index (χ4v) is 2.51. The van der Waals surface area contributed by atoms with E-state index in [4.69, 9.17) is 21.7 Å². The van der Waals surface area contributed by atoms with Crippen molar-refractivity contribution in [3.63, 3.8) is 0 Å². The van der Waals surface area contributed by atoms with Crippen LogP contribution in [0.25, 0.3) is 5.57 Å². The molecule has 0 aromatic heterocycles. The van der Waals surface area contributed by atoms with Crippen molar-refractivity contribution in [2.45, 2.75) is 27.2 Å². The predicted octanol–water partition coefficient (Wildman–Crippen LogP) is 5.18. The first-order valence-corrected chi connectivity index (χ1v) is 8.24. The quantitative estimate of drug-likeness (QED) is 0.312. The molecule has 1 aromatic carbocycles. The molecule has 1 N–H and O–H groups in total. The molecule has 0 saturated carbocycles. The summed E-state index contributed by atoms with van der Waals surface area (Å²) in [6.07, 6.45) is 0.681. The van der Waals surface area contributed by atoms with Gasteiger partial charge in [0.05, 0.1) is 19.8 Å². The number of rotatable bonds is 7. The fourth-order valence-electron chi connectivity index (χ4n) is 2.38. The Hall–Kier alpha value is -2.14. The molecule has 0 bridgehead atoms. The Morgan fingerprint density at radius 3 is 2.24 bits per heavy atom. The number of esters is 1. The molecule has 0 aliphatic rings. The van der Waals surface area contributed by atoms with Crippen molar-refractivity contribution >= 4 is 28.9 Å². The minimum Gasteiger partial charge on any atom is -0.494 e. The van der Waals surface area contributed by atoms with Crippen molar-refractivity contribution in [1.29, 1.82) is 5.41 Å². The van der Waals surface area contributed by atoms with Crippen LogP contribution in [0.4, 0.5) is 4.39 Å². The highest BCUT2D eigenvalue weighted by molar-refractivity contribution is 6.30. The lowest BCUT2D eigenvalue weighted by atomic mass is 9.89. The maximum atomic E-state index is 15.2. The Balaban J connectivity index is 3.52. The topological polar surface area (TPSA) is 59.4 Å². The maximum Gasteiger partial charge on any atom is 0.337 e. The predicted molar refractivity (Wildman–Crippen MR) is 98.4 cm³/mol. The van der Waals surface area contributed by atoms with Crippen molar-refractivity contribution < 1.29 is 18.7 Å². The van der Waals surface area contributed by atoms with Crippen LogP contribution in [0.5, 0.6) is 0 Å². The number of ether oxygens (including phenoxy) is 2. The van der Waals surface area contributed by atoms with E-state index in [1.54, 1.807) is 24.3 Å². The first-order chi connectivity index (χ1) is 11.8. The van der Waals surface area contributed by atoms with Crippen LogP contribution in [0, 0.1) is 11.3 Å². The van der Waals surface area contributed by atoms with Crippen LogP contribution in [0.3, 0.4) is 0 Å². The van der Waals surface area contributed by atoms with Gasteiger partial charge in [-0.1, -0.05) is 37.6 Å². The molecule has 1 unspecified atom stereocenters. The second-order valence-electron chi connectivity index (χ2n) is 5.57. The van der Waals surface area contributed by atoms with E-state index in [-0.39, 0.29) is 17.3 Å². The molecule has 0 heterocycles. The lowest BCUT2D eigenvalue weighted by Crippen LogP contribution is -2.15. The van der Waals surface area contributed by atoms with E-state index in [0.717, 1.165) is 0 Å². The summed E-state index contributed by atoms with van der Waals surface area (Å²) < 4.78 is 24.9. The summed E-state index contributed by atoms with van der Waals surface area (Å²) in [6.45, 7) is 5.24. The van der Waals surface area contributed by atoms with Crippen LogP contribution in [-0.4, -0.2) is 25.9 Å². The van der Waals surface area contributed by atoms with E-state index in [0.29, 0.717) is 22.6 Å². The number of halogens is 2. The Morgan fingerprint density at radius 1 is 1.24 bits per heavy atom. The zero-order valence-corrected chi connectivity index (χ0v) is 15.8. The third-order valence-electron chi connectivity index (χ3n) is 3.98. The number of carbonyl (C=O) groups excluding carboxylic acids is 1. The molecule has 0 amide bonds. The van der Waals surface area contributed by atoms with Crippen LogP contribution in [0.2, 0.25) is 5.02 Å². The van der Waals surface area contributed by atoms with Crippen molar-refractivity contribution in [2.24, 2.45) is 5.92 Å². The van der Waals surface area contributed by atoms with E-state index < -0.39 is 17.5 Å². The molecular formula is C19H23ClFNO3. The number of methoxy groups -OCH3 is 2. The molecule has 0 aliphatic heterocycles. The van der Waals surface area contributed by atoms with Gasteiger partial charge in [-0.05, 0) is 37.0 Å². The van der Waals surface area contributed by atoms with Gasteiger partial charge in [0.15, 0.2) is 11.6 Å². The second-order valence-corrected chi connectivity index (χ2v) is 6.01. The Labute approximate surface area is 152 Å². The molecule has 4 nitrogen and oxygen atoms in total. The average Bonchev–Trinajstić information content (AvgIpc) is 2.62.